The van der Waals surface area contributed by atoms with E-state index in [1.165, 1.54) is 50.3 Å². The van der Waals surface area contributed by atoms with Crippen LogP contribution < -0.4 is 0 Å². The van der Waals surface area contributed by atoms with Crippen LogP contribution in [0.3, 0.4) is 0 Å². The van der Waals surface area contributed by atoms with Gasteiger partial charge in [-0.25, -0.2) is 0 Å². The molecule has 0 aliphatic carbocycles. The zero-order valence-corrected chi connectivity index (χ0v) is 13.8. The maximum absolute atomic E-state index is 9.71. The lowest BCUT2D eigenvalue weighted by Gasteiger charge is -2.25. The maximum atomic E-state index is 9.71. The second-order valence-corrected chi connectivity index (χ2v) is 6.64. The minimum atomic E-state index is -1.52. The van der Waals surface area contributed by atoms with Crippen LogP contribution in [0.1, 0.15) is 51.9 Å². The van der Waals surface area contributed by atoms with Crippen LogP contribution in [0.5, 0.6) is 0 Å². The van der Waals surface area contributed by atoms with Crippen LogP contribution in [-0.4, -0.2) is 68.1 Å². The Morgan fingerprint density at radius 3 is 1.86 bits per heavy atom. The van der Waals surface area contributed by atoms with Gasteiger partial charge >= 0.3 is 0 Å². The van der Waals surface area contributed by atoms with Crippen molar-refractivity contribution in [1.82, 2.24) is 0 Å². The summed E-state index contributed by atoms with van der Waals surface area (Å²) in [5.41, 5.74) is 0. The number of thioether (sulfide) groups is 1. The molecule has 21 heavy (non-hydrogen) atoms. The molecular formula is C15H32O5S. The molecule has 0 aliphatic rings. The van der Waals surface area contributed by atoms with E-state index >= 15 is 0 Å². The molecular weight excluding hydrogens is 292 g/mol. The Kier molecular flexibility index (Phi) is 13.9. The third-order valence-electron chi connectivity index (χ3n) is 3.51. The summed E-state index contributed by atoms with van der Waals surface area (Å²) in [4.78, 5) is 0. The summed E-state index contributed by atoms with van der Waals surface area (Å²) in [6.45, 7) is 1.56. The lowest BCUT2D eigenvalue weighted by Crippen LogP contribution is -2.46. The fraction of sp³-hybridized carbons (Fsp3) is 1.00. The quantitative estimate of drug-likeness (QED) is 0.304. The van der Waals surface area contributed by atoms with Crippen LogP contribution in [0.15, 0.2) is 0 Å². The molecule has 0 rings (SSSR count). The van der Waals surface area contributed by atoms with Crippen molar-refractivity contribution in [3.8, 4) is 0 Å². The monoisotopic (exact) mass is 324 g/mol. The van der Waals surface area contributed by atoms with Crippen LogP contribution in [0, 0.1) is 0 Å². The molecule has 6 heteroatoms. The molecule has 128 valence electrons. The summed E-state index contributed by atoms with van der Waals surface area (Å²) in [5, 5.41) is 46.7. The van der Waals surface area contributed by atoms with E-state index < -0.39 is 31.0 Å². The Balaban J connectivity index is 3.54. The molecule has 0 spiro atoms. The first-order valence-electron chi connectivity index (χ1n) is 7.95. The Morgan fingerprint density at radius 1 is 0.762 bits per heavy atom. The Bertz CT molecular complexity index is 230. The van der Waals surface area contributed by atoms with Gasteiger partial charge in [0.2, 0.25) is 0 Å². The molecule has 5 N–H and O–H groups in total. The summed E-state index contributed by atoms with van der Waals surface area (Å²) in [7, 11) is 0. The molecule has 0 saturated carbocycles. The second-order valence-electron chi connectivity index (χ2n) is 5.49. The van der Waals surface area contributed by atoms with Crippen molar-refractivity contribution >= 4 is 11.8 Å². The van der Waals surface area contributed by atoms with E-state index in [1.54, 1.807) is 0 Å². The summed E-state index contributed by atoms with van der Waals surface area (Å²) in [5.74, 6) is 1.22. The predicted octanol–water partition coefficient (Wildman–Crippen LogP) is 0.906. The molecule has 0 bridgehead atoms. The van der Waals surface area contributed by atoms with Gasteiger partial charge < -0.3 is 25.5 Å². The smallest absolute Gasteiger partial charge is 0.111 e. The van der Waals surface area contributed by atoms with Crippen molar-refractivity contribution in [2.24, 2.45) is 0 Å². The Morgan fingerprint density at radius 2 is 1.29 bits per heavy atom. The third-order valence-corrected chi connectivity index (χ3v) is 4.66. The van der Waals surface area contributed by atoms with Crippen molar-refractivity contribution in [2.75, 3.05) is 18.1 Å². The largest absolute Gasteiger partial charge is 0.394 e. The molecule has 4 atom stereocenters. The minimum Gasteiger partial charge on any atom is -0.394 e. The zero-order chi connectivity index (χ0) is 16.1. The first kappa shape index (κ1) is 21.1. The van der Waals surface area contributed by atoms with Gasteiger partial charge in [-0.15, -0.1) is 0 Å². The van der Waals surface area contributed by atoms with E-state index in [-0.39, 0.29) is 0 Å². The van der Waals surface area contributed by atoms with Crippen molar-refractivity contribution in [3.63, 3.8) is 0 Å². The summed E-state index contributed by atoms with van der Waals surface area (Å²) >= 11 is 1.53. The van der Waals surface area contributed by atoms with Gasteiger partial charge in [-0.2, -0.15) is 11.8 Å². The van der Waals surface area contributed by atoms with Gasteiger partial charge in [0, 0.05) is 5.75 Å². The SMILES string of the molecule is CCCCCCCCCSCC(O)C(O)C(O)C(O)CO. The van der Waals surface area contributed by atoms with E-state index in [2.05, 4.69) is 6.92 Å². The van der Waals surface area contributed by atoms with Crippen LogP contribution in [-0.2, 0) is 0 Å². The first-order chi connectivity index (χ1) is 10.0. The topological polar surface area (TPSA) is 101 Å². The summed E-state index contributed by atoms with van der Waals surface area (Å²) in [6, 6.07) is 0. The Hall–Kier alpha value is 0.150. The van der Waals surface area contributed by atoms with Gasteiger partial charge in [0.1, 0.15) is 18.3 Å². The van der Waals surface area contributed by atoms with Gasteiger partial charge in [0.25, 0.3) is 0 Å². The molecule has 5 nitrogen and oxygen atoms in total. The molecule has 4 unspecified atom stereocenters. The number of hydrogen-bond acceptors (Lipinski definition) is 6. The number of aliphatic hydroxyl groups excluding tert-OH is 5. The average molecular weight is 324 g/mol. The van der Waals surface area contributed by atoms with Crippen LogP contribution in [0.2, 0.25) is 0 Å². The van der Waals surface area contributed by atoms with Gasteiger partial charge in [-0.3, -0.25) is 0 Å². The molecule has 0 saturated heterocycles. The maximum Gasteiger partial charge on any atom is 0.111 e. The molecule has 0 aromatic rings. The molecule has 0 amide bonds. The fourth-order valence-electron chi connectivity index (χ4n) is 2.03. The van der Waals surface area contributed by atoms with Crippen LogP contribution in [0.25, 0.3) is 0 Å². The van der Waals surface area contributed by atoms with E-state index in [9.17, 15) is 20.4 Å². The molecule has 0 aromatic carbocycles. The molecule has 0 radical (unpaired) electrons. The summed E-state index contributed by atoms with van der Waals surface area (Å²) < 4.78 is 0. The second kappa shape index (κ2) is 13.8. The number of aliphatic hydroxyl groups is 5. The van der Waals surface area contributed by atoms with Crippen LogP contribution >= 0.6 is 11.8 Å². The highest BCUT2D eigenvalue weighted by Crippen LogP contribution is 2.14. The highest BCUT2D eigenvalue weighted by Gasteiger charge is 2.29. The molecule has 0 aromatic heterocycles. The number of rotatable bonds is 14. The predicted molar refractivity (Wildman–Crippen MR) is 86.4 cm³/mol. The third kappa shape index (κ3) is 10.5. The standard InChI is InChI=1S/C15H32O5S/c1-2-3-4-5-6-7-8-9-21-11-13(18)15(20)14(19)12(17)10-16/h12-20H,2-11H2,1H3. The molecule has 0 aliphatic heterocycles. The highest BCUT2D eigenvalue weighted by molar-refractivity contribution is 7.99. The average Bonchev–Trinajstić information content (AvgIpc) is 2.50. The van der Waals surface area contributed by atoms with Crippen LogP contribution in [0.4, 0.5) is 0 Å². The minimum absolute atomic E-state index is 0.312. The van der Waals surface area contributed by atoms with Gasteiger partial charge in [0.05, 0.1) is 12.7 Å². The van der Waals surface area contributed by atoms with E-state index in [1.807, 2.05) is 0 Å². The van der Waals surface area contributed by atoms with E-state index in [4.69, 9.17) is 5.11 Å². The fourth-order valence-corrected chi connectivity index (χ4v) is 3.04. The zero-order valence-electron chi connectivity index (χ0n) is 13.0. The number of unbranched alkanes of at least 4 members (excludes halogenated alkanes) is 6. The van der Waals surface area contributed by atoms with Crippen molar-refractivity contribution in [2.45, 2.75) is 76.3 Å². The van der Waals surface area contributed by atoms with Crippen molar-refractivity contribution in [1.29, 1.82) is 0 Å². The highest BCUT2D eigenvalue weighted by atomic mass is 32.2. The Labute approximate surface area is 132 Å². The lowest BCUT2D eigenvalue weighted by atomic mass is 10.0. The van der Waals surface area contributed by atoms with Gasteiger partial charge in [0.15, 0.2) is 0 Å². The first-order valence-corrected chi connectivity index (χ1v) is 9.10. The van der Waals surface area contributed by atoms with E-state index in [0.717, 1.165) is 12.2 Å². The van der Waals surface area contributed by atoms with Crippen molar-refractivity contribution < 1.29 is 25.5 Å². The summed E-state index contributed by atoms with van der Waals surface area (Å²) in [6.07, 6.45) is 3.17. The molecule has 0 fully saturated rings. The normalized spacial score (nSPS) is 17.4. The number of hydrogen-bond donors (Lipinski definition) is 5. The van der Waals surface area contributed by atoms with E-state index in [0.29, 0.717) is 5.75 Å². The lowest BCUT2D eigenvalue weighted by molar-refractivity contribution is -0.109. The van der Waals surface area contributed by atoms with Gasteiger partial charge in [-0.1, -0.05) is 45.4 Å². The van der Waals surface area contributed by atoms with Gasteiger partial charge in [-0.05, 0) is 12.2 Å². The van der Waals surface area contributed by atoms with Crippen molar-refractivity contribution in [3.05, 3.63) is 0 Å². The molecule has 0 heterocycles.